The fraction of sp³-hybridized carbons (Fsp3) is 0.708. The molecule has 0 bridgehead atoms. The molecule has 0 amide bonds. The highest BCUT2D eigenvalue weighted by Gasteiger charge is 2.25. The number of ether oxygens (including phenoxy) is 4. The van der Waals surface area contributed by atoms with Crippen molar-refractivity contribution in [2.75, 3.05) is 47.5 Å². The van der Waals surface area contributed by atoms with Crippen LogP contribution < -0.4 is 0 Å². The third kappa shape index (κ3) is 63.4. The first-order chi connectivity index (χ1) is 39.6. The summed E-state index contributed by atoms with van der Waals surface area (Å²) in [6.07, 6.45) is 83.2. The van der Waals surface area contributed by atoms with E-state index in [2.05, 4.69) is 123 Å². The molecule has 0 heterocycles. The number of carbonyl (C=O) groups is 3. The molecule has 81 heavy (non-hydrogen) atoms. The van der Waals surface area contributed by atoms with E-state index in [0.29, 0.717) is 23.9 Å². The molecule has 0 aliphatic carbocycles. The highest BCUT2D eigenvalue weighted by molar-refractivity contribution is 5.71. The SMILES string of the molecule is CC/C=C\C/C=C\C/C=C\C/C=C\C/C=C\C/C=C\CCCCCCCCCCC(=O)OC(COC(=O)CCCCCCCCCCCCCCCC/C=C\C/C=C\C/C=C\CCCCCCC)COC(OCC[N+](C)(C)C)C(=O)O. The number of unbranched alkanes of at least 4 members (excludes halogenated alkanes) is 27. The second-order valence-electron chi connectivity index (χ2n) is 23.0. The Hall–Kier alpha value is -4.05. The molecule has 9 nitrogen and oxygen atoms in total. The van der Waals surface area contributed by atoms with E-state index in [0.717, 1.165) is 96.3 Å². The molecule has 0 rings (SSSR count). The number of esters is 2. The summed E-state index contributed by atoms with van der Waals surface area (Å²) < 4.78 is 22.9. The van der Waals surface area contributed by atoms with E-state index in [1.807, 2.05) is 21.1 Å². The number of quaternary nitrogens is 1. The van der Waals surface area contributed by atoms with Gasteiger partial charge in [-0.1, -0.05) is 264 Å². The molecule has 0 aromatic carbocycles. The van der Waals surface area contributed by atoms with Crippen LogP contribution in [0, 0.1) is 0 Å². The molecule has 0 radical (unpaired) electrons. The Balaban J connectivity index is 4.20. The molecule has 1 N–H and O–H groups in total. The van der Waals surface area contributed by atoms with Gasteiger partial charge in [0.05, 0.1) is 34.4 Å². The third-order valence-electron chi connectivity index (χ3n) is 14.0. The standard InChI is InChI=1S/C72H123NO8/c1-6-8-10-12-14-16-18-20-22-24-26-28-30-32-34-35-37-38-40-42-44-46-48-50-52-54-56-58-60-62-69(74)79-66-68(67-80-72(71(76)77)78-65-64-73(3,4)5)81-70(75)63-61-59-57-55-53-51-49-47-45-43-41-39-36-33-31-29-27-25-23-21-19-17-15-13-11-9-7-2/h9,11,15,17-18,20-21,23-24,26-27,29-30,32-33,36,41,43,68,72H,6-8,10,12-14,16,19,22,25,28,31,34-35,37-40,42,44-67H2,1-5H3/p+1/b11-9-,17-15-,20-18-,23-21-,26-24-,29-27-,32-30-,36-33-,43-41-. The summed E-state index contributed by atoms with van der Waals surface area (Å²) in [4.78, 5) is 37.6. The summed E-state index contributed by atoms with van der Waals surface area (Å²) in [7, 11) is 5.97. The van der Waals surface area contributed by atoms with Crippen LogP contribution >= 0.6 is 0 Å². The van der Waals surface area contributed by atoms with Gasteiger partial charge in [0.15, 0.2) is 6.10 Å². The van der Waals surface area contributed by atoms with E-state index >= 15 is 0 Å². The van der Waals surface area contributed by atoms with Crippen molar-refractivity contribution in [3.63, 3.8) is 0 Å². The van der Waals surface area contributed by atoms with Gasteiger partial charge in [0.2, 0.25) is 0 Å². The fourth-order valence-corrected chi connectivity index (χ4v) is 8.97. The molecule has 9 heteroatoms. The number of allylic oxidation sites excluding steroid dienone is 18. The highest BCUT2D eigenvalue weighted by atomic mass is 16.7. The largest absolute Gasteiger partial charge is 0.477 e. The molecule has 464 valence electrons. The van der Waals surface area contributed by atoms with Crippen molar-refractivity contribution in [2.24, 2.45) is 0 Å². The normalized spacial score (nSPS) is 13.4. The third-order valence-corrected chi connectivity index (χ3v) is 14.0. The molecule has 0 aliphatic heterocycles. The van der Waals surface area contributed by atoms with Crippen LogP contribution in [0.2, 0.25) is 0 Å². The van der Waals surface area contributed by atoms with Gasteiger partial charge in [-0.25, -0.2) is 4.79 Å². The zero-order chi connectivity index (χ0) is 59.1. The summed E-state index contributed by atoms with van der Waals surface area (Å²) >= 11 is 0. The number of carboxylic acid groups (broad SMARTS) is 1. The van der Waals surface area contributed by atoms with E-state index < -0.39 is 24.3 Å². The van der Waals surface area contributed by atoms with Crippen LogP contribution in [0.3, 0.4) is 0 Å². The van der Waals surface area contributed by atoms with Crippen LogP contribution in [0.5, 0.6) is 0 Å². The molecule has 0 saturated carbocycles. The molecule has 2 unspecified atom stereocenters. The van der Waals surface area contributed by atoms with Gasteiger partial charge >= 0.3 is 17.9 Å². The quantitative estimate of drug-likeness (QED) is 0.0211. The number of carbonyl (C=O) groups excluding carboxylic acids is 2. The van der Waals surface area contributed by atoms with Crippen LogP contribution in [0.1, 0.15) is 271 Å². The minimum atomic E-state index is -1.52. The fourth-order valence-electron chi connectivity index (χ4n) is 8.97. The number of rotatable bonds is 60. The molecule has 0 fully saturated rings. The molecule has 2 atom stereocenters. The van der Waals surface area contributed by atoms with Crippen LogP contribution in [0.15, 0.2) is 109 Å². The van der Waals surface area contributed by atoms with Gasteiger partial charge in [-0.3, -0.25) is 9.59 Å². The molecule has 0 saturated heterocycles. The van der Waals surface area contributed by atoms with E-state index in [1.165, 1.54) is 141 Å². The van der Waals surface area contributed by atoms with E-state index in [4.69, 9.17) is 18.9 Å². The van der Waals surface area contributed by atoms with Crippen molar-refractivity contribution in [3.05, 3.63) is 109 Å². The minimum absolute atomic E-state index is 0.181. The number of carboxylic acids is 1. The van der Waals surface area contributed by atoms with Gasteiger partial charge in [-0.05, 0) is 103 Å². The first-order valence-corrected chi connectivity index (χ1v) is 33.1. The van der Waals surface area contributed by atoms with Crippen LogP contribution in [0.4, 0.5) is 0 Å². The van der Waals surface area contributed by atoms with Gasteiger partial charge in [0.25, 0.3) is 6.29 Å². The average Bonchev–Trinajstić information content (AvgIpc) is 3.44. The lowest BCUT2D eigenvalue weighted by molar-refractivity contribution is -0.870. The molecular formula is C72H124NO8+. The Morgan fingerprint density at radius 3 is 1.05 bits per heavy atom. The topological polar surface area (TPSA) is 108 Å². The Morgan fingerprint density at radius 2 is 0.704 bits per heavy atom. The average molecular weight is 1130 g/mol. The summed E-state index contributed by atoms with van der Waals surface area (Å²) in [6.45, 7) is 4.75. The van der Waals surface area contributed by atoms with E-state index in [1.54, 1.807) is 0 Å². The second-order valence-corrected chi connectivity index (χ2v) is 23.0. The molecular weight excluding hydrogens is 1010 g/mol. The highest BCUT2D eigenvalue weighted by Crippen LogP contribution is 2.16. The number of likely N-dealkylation sites (N-methyl/N-ethyl adjacent to an activating group) is 1. The number of hydrogen-bond acceptors (Lipinski definition) is 7. The van der Waals surface area contributed by atoms with Gasteiger partial charge in [-0.2, -0.15) is 0 Å². The van der Waals surface area contributed by atoms with Crippen LogP contribution in [-0.4, -0.2) is 87.4 Å². The smallest absolute Gasteiger partial charge is 0.361 e. The van der Waals surface area contributed by atoms with Crippen molar-refractivity contribution in [2.45, 2.75) is 283 Å². The summed E-state index contributed by atoms with van der Waals surface area (Å²) in [5.74, 6) is -2.02. The van der Waals surface area contributed by atoms with Crippen molar-refractivity contribution in [3.8, 4) is 0 Å². The Bertz CT molecular complexity index is 1700. The Labute approximate surface area is 498 Å². The van der Waals surface area contributed by atoms with Gasteiger partial charge in [-0.15, -0.1) is 0 Å². The van der Waals surface area contributed by atoms with Crippen LogP contribution in [0.25, 0.3) is 0 Å². The summed E-state index contributed by atoms with van der Waals surface area (Å²) in [5, 5.41) is 9.74. The maximum atomic E-state index is 12.9. The number of nitrogens with zero attached hydrogens (tertiary/aromatic N) is 1. The van der Waals surface area contributed by atoms with E-state index in [-0.39, 0.29) is 32.2 Å². The second kappa shape index (κ2) is 62.0. The zero-order valence-corrected chi connectivity index (χ0v) is 52.9. The Morgan fingerprint density at radius 1 is 0.383 bits per heavy atom. The lowest BCUT2D eigenvalue weighted by Gasteiger charge is -2.25. The lowest BCUT2D eigenvalue weighted by atomic mass is 10.0. The van der Waals surface area contributed by atoms with Crippen LogP contribution in [-0.2, 0) is 33.3 Å². The minimum Gasteiger partial charge on any atom is -0.477 e. The zero-order valence-electron chi connectivity index (χ0n) is 52.9. The number of hydrogen-bond donors (Lipinski definition) is 1. The van der Waals surface area contributed by atoms with Crippen molar-refractivity contribution in [1.29, 1.82) is 0 Å². The maximum Gasteiger partial charge on any atom is 0.361 e. The number of aliphatic carboxylic acids is 1. The van der Waals surface area contributed by atoms with Crippen molar-refractivity contribution in [1.82, 2.24) is 0 Å². The van der Waals surface area contributed by atoms with Gasteiger partial charge in [0.1, 0.15) is 13.2 Å². The first kappa shape index (κ1) is 77.0. The summed E-state index contributed by atoms with van der Waals surface area (Å²) in [5.41, 5.74) is 0. The molecule has 0 aliphatic rings. The lowest BCUT2D eigenvalue weighted by Crippen LogP contribution is -2.40. The monoisotopic (exact) mass is 1130 g/mol. The van der Waals surface area contributed by atoms with Gasteiger partial charge < -0.3 is 28.5 Å². The maximum absolute atomic E-state index is 12.9. The molecule has 0 spiro atoms. The van der Waals surface area contributed by atoms with Gasteiger partial charge in [0, 0.05) is 12.8 Å². The Kier molecular flexibility index (Phi) is 58.9. The predicted molar refractivity (Wildman–Crippen MR) is 345 cm³/mol. The molecule has 0 aromatic heterocycles. The predicted octanol–water partition coefficient (Wildman–Crippen LogP) is 20.2. The summed E-state index contributed by atoms with van der Waals surface area (Å²) in [6, 6.07) is 0. The first-order valence-electron chi connectivity index (χ1n) is 33.1. The van der Waals surface area contributed by atoms with Crippen molar-refractivity contribution < 1.29 is 42.9 Å². The van der Waals surface area contributed by atoms with Crippen molar-refractivity contribution >= 4 is 17.9 Å². The van der Waals surface area contributed by atoms with E-state index in [9.17, 15) is 19.5 Å². The molecule has 0 aromatic rings.